The Kier molecular flexibility index (Phi) is 8.79. The molecule has 4 aromatic rings. The number of nitrogens with zero attached hydrogens (tertiary/aromatic N) is 5. The molecular weight excluding hydrogens is 552 g/mol. The number of nitrogens with one attached hydrogen (secondary N) is 3. The first-order chi connectivity index (χ1) is 20.7. The number of aromatic amines is 1. The quantitative estimate of drug-likeness (QED) is 0.331. The molecule has 226 valence electrons. The van der Waals surface area contributed by atoms with E-state index in [9.17, 15) is 14.4 Å². The minimum atomic E-state index is -0.783. The number of carbonyl (C=O) groups is 3. The van der Waals surface area contributed by atoms with Crippen LogP contribution in [0.1, 0.15) is 24.3 Å². The Morgan fingerprint density at radius 2 is 1.98 bits per heavy atom. The number of methoxy groups -OCH3 is 1. The molecule has 3 aromatic heterocycles. The Morgan fingerprint density at radius 3 is 2.72 bits per heavy atom. The Morgan fingerprint density at radius 1 is 1.14 bits per heavy atom. The topological polar surface area (TPSA) is 148 Å². The molecule has 13 nitrogen and oxygen atoms in total. The highest BCUT2D eigenvalue weighted by atomic mass is 16.5. The molecule has 0 spiro atoms. The maximum atomic E-state index is 13.7. The van der Waals surface area contributed by atoms with Crippen LogP contribution in [-0.4, -0.2) is 86.3 Å². The first-order valence-electron chi connectivity index (χ1n) is 14.1. The van der Waals surface area contributed by atoms with Crippen LogP contribution in [0.25, 0.3) is 22.8 Å². The minimum absolute atomic E-state index is 0.0696. The van der Waals surface area contributed by atoms with Crippen LogP contribution in [0.2, 0.25) is 0 Å². The predicted molar refractivity (Wildman–Crippen MR) is 158 cm³/mol. The molecule has 0 radical (unpaired) electrons. The molecule has 0 unspecified atom stereocenters. The van der Waals surface area contributed by atoms with Crippen molar-refractivity contribution in [2.75, 3.05) is 33.4 Å². The van der Waals surface area contributed by atoms with E-state index in [2.05, 4.69) is 25.8 Å². The van der Waals surface area contributed by atoms with Crippen LogP contribution < -0.4 is 20.1 Å². The Hall–Kier alpha value is -5.07. The minimum Gasteiger partial charge on any atom is -0.493 e. The summed E-state index contributed by atoms with van der Waals surface area (Å²) in [5.41, 5.74) is 2.45. The maximum Gasteiger partial charge on any atom is 0.272 e. The lowest BCUT2D eigenvalue weighted by Crippen LogP contribution is -2.53. The molecule has 3 N–H and O–H groups in total. The predicted octanol–water partition coefficient (Wildman–Crippen LogP) is 2.08. The lowest BCUT2D eigenvalue weighted by atomic mass is 10.0. The van der Waals surface area contributed by atoms with Crippen molar-refractivity contribution < 1.29 is 23.9 Å². The van der Waals surface area contributed by atoms with Crippen LogP contribution in [0, 0.1) is 5.92 Å². The number of benzene rings is 1. The molecule has 0 fully saturated rings. The molecule has 1 atom stereocenters. The van der Waals surface area contributed by atoms with E-state index >= 15 is 0 Å². The largest absolute Gasteiger partial charge is 0.493 e. The van der Waals surface area contributed by atoms with Gasteiger partial charge in [0, 0.05) is 44.3 Å². The van der Waals surface area contributed by atoms with Gasteiger partial charge in [0.15, 0.2) is 11.5 Å². The van der Waals surface area contributed by atoms with Crippen molar-refractivity contribution >= 4 is 17.7 Å². The van der Waals surface area contributed by atoms with Crippen LogP contribution in [0.5, 0.6) is 11.5 Å². The van der Waals surface area contributed by atoms with Crippen molar-refractivity contribution in [3.8, 4) is 34.3 Å². The SMILES string of the molecule is COc1ccc2cc1OCCN(C(=O)c1cc(-c3cccn3C)n[nH]1)CC(=O)N[C@H](C(C)C)C(=O)NCCn1ccnc1-2. The van der Waals surface area contributed by atoms with Crippen LogP contribution in [0.15, 0.2) is 55.0 Å². The molecule has 4 heterocycles. The van der Waals surface area contributed by atoms with Crippen molar-refractivity contribution in [1.82, 2.24) is 39.8 Å². The second kappa shape index (κ2) is 12.8. The van der Waals surface area contributed by atoms with Gasteiger partial charge in [-0.2, -0.15) is 5.10 Å². The number of hydrogen-bond donors (Lipinski definition) is 3. The normalized spacial score (nSPS) is 16.6. The molecule has 0 saturated carbocycles. The van der Waals surface area contributed by atoms with E-state index in [4.69, 9.17) is 9.47 Å². The van der Waals surface area contributed by atoms with Crippen molar-refractivity contribution in [2.45, 2.75) is 26.4 Å². The molecule has 0 saturated heterocycles. The molecule has 0 aliphatic carbocycles. The Balaban J connectivity index is 1.45. The van der Waals surface area contributed by atoms with Crippen LogP contribution in [0.3, 0.4) is 0 Å². The van der Waals surface area contributed by atoms with Crippen molar-refractivity contribution in [1.29, 1.82) is 0 Å². The van der Waals surface area contributed by atoms with Gasteiger partial charge in [0.2, 0.25) is 11.8 Å². The van der Waals surface area contributed by atoms with Gasteiger partial charge in [-0.25, -0.2) is 4.98 Å². The molecule has 3 amide bonds. The summed E-state index contributed by atoms with van der Waals surface area (Å²) in [5, 5.41) is 12.8. The second-order valence-electron chi connectivity index (χ2n) is 10.6. The first kappa shape index (κ1) is 29.4. The fraction of sp³-hybridized carbons (Fsp3) is 0.367. The molecule has 43 heavy (non-hydrogen) atoms. The summed E-state index contributed by atoms with van der Waals surface area (Å²) in [7, 11) is 3.44. The lowest BCUT2D eigenvalue weighted by molar-refractivity contribution is -0.130. The van der Waals surface area contributed by atoms with E-state index in [-0.39, 0.29) is 37.2 Å². The standard InChI is InChI=1S/C30H36N8O5/c1-19(2)27-29(40)32-10-13-37-12-9-31-28(37)20-7-8-24(42-4)25(16-20)43-15-14-38(18-26(39)33-27)30(41)22-17-21(34-35-22)23-6-5-11-36(23)3/h5-9,11-12,16-17,19,27H,10,13-15,18H2,1-4H3,(H,32,40)(H,33,39)(H,34,35)/t27-/m1/s1. The number of aromatic nitrogens is 5. The number of rotatable bonds is 4. The van der Waals surface area contributed by atoms with Gasteiger partial charge in [0.05, 0.1) is 19.3 Å². The van der Waals surface area contributed by atoms with Crippen LogP contribution in [-0.2, 0) is 23.2 Å². The molecule has 5 rings (SSSR count). The molecule has 1 aliphatic heterocycles. The van der Waals surface area contributed by atoms with Gasteiger partial charge >= 0.3 is 0 Å². The highest BCUT2D eigenvalue weighted by molar-refractivity contribution is 5.96. The van der Waals surface area contributed by atoms with E-state index in [0.717, 1.165) is 11.3 Å². The summed E-state index contributed by atoms with van der Waals surface area (Å²) in [5.74, 6) is 0.298. The summed E-state index contributed by atoms with van der Waals surface area (Å²) in [6.45, 7) is 4.37. The average Bonchev–Trinajstić information content (AvgIpc) is 3.75. The first-order valence-corrected chi connectivity index (χ1v) is 14.1. The third-order valence-corrected chi connectivity index (χ3v) is 7.31. The number of imidazole rings is 1. The summed E-state index contributed by atoms with van der Waals surface area (Å²) < 4.78 is 15.4. The van der Waals surface area contributed by atoms with Gasteiger partial charge in [-0.15, -0.1) is 0 Å². The number of carbonyl (C=O) groups excluding carboxylic acids is 3. The molecule has 1 aliphatic rings. The Labute approximate surface area is 249 Å². The number of ether oxygens (including phenoxy) is 2. The average molecular weight is 589 g/mol. The molecule has 2 bridgehead atoms. The third kappa shape index (κ3) is 6.55. The fourth-order valence-corrected chi connectivity index (χ4v) is 4.99. The van der Waals surface area contributed by atoms with Gasteiger partial charge in [-0.1, -0.05) is 13.8 Å². The van der Waals surface area contributed by atoms with Gasteiger partial charge < -0.3 is 34.1 Å². The summed E-state index contributed by atoms with van der Waals surface area (Å²) >= 11 is 0. The van der Waals surface area contributed by atoms with E-state index in [1.807, 2.05) is 66.7 Å². The highest BCUT2D eigenvalue weighted by Crippen LogP contribution is 2.32. The van der Waals surface area contributed by atoms with Crippen molar-refractivity contribution in [2.24, 2.45) is 13.0 Å². The smallest absolute Gasteiger partial charge is 0.272 e. The number of amides is 3. The summed E-state index contributed by atoms with van der Waals surface area (Å²) in [6.07, 6.45) is 5.42. The number of hydrogen-bond acceptors (Lipinski definition) is 7. The number of aryl methyl sites for hydroxylation is 1. The van der Waals surface area contributed by atoms with Gasteiger partial charge in [0.1, 0.15) is 36.4 Å². The monoisotopic (exact) mass is 588 g/mol. The molecule has 13 heteroatoms. The number of H-pyrrole nitrogens is 1. The molecular formula is C30H36N8O5. The number of fused-ring (bicyclic) bond motifs is 4. The fourth-order valence-electron chi connectivity index (χ4n) is 4.99. The zero-order chi connectivity index (χ0) is 30.5. The lowest BCUT2D eigenvalue weighted by Gasteiger charge is -2.25. The second-order valence-corrected chi connectivity index (χ2v) is 10.6. The summed E-state index contributed by atoms with van der Waals surface area (Å²) in [6, 6.07) is 10.1. The van der Waals surface area contributed by atoms with Gasteiger partial charge in [0.25, 0.3) is 5.91 Å². The molecule has 1 aromatic carbocycles. The third-order valence-electron chi connectivity index (χ3n) is 7.31. The zero-order valence-corrected chi connectivity index (χ0v) is 24.7. The van der Waals surface area contributed by atoms with Gasteiger partial charge in [-0.3, -0.25) is 19.5 Å². The maximum absolute atomic E-state index is 13.7. The zero-order valence-electron chi connectivity index (χ0n) is 24.7. The van der Waals surface area contributed by atoms with E-state index in [1.54, 1.807) is 25.4 Å². The van der Waals surface area contributed by atoms with Crippen molar-refractivity contribution in [3.63, 3.8) is 0 Å². The van der Waals surface area contributed by atoms with Gasteiger partial charge in [-0.05, 0) is 42.3 Å². The van der Waals surface area contributed by atoms with E-state index < -0.39 is 17.9 Å². The van der Waals surface area contributed by atoms with E-state index in [1.165, 1.54) is 4.90 Å². The van der Waals surface area contributed by atoms with Crippen LogP contribution in [0.4, 0.5) is 0 Å². The highest BCUT2D eigenvalue weighted by Gasteiger charge is 2.27. The summed E-state index contributed by atoms with van der Waals surface area (Å²) in [4.78, 5) is 45.9. The Bertz CT molecular complexity index is 1600. The van der Waals surface area contributed by atoms with Crippen molar-refractivity contribution in [3.05, 3.63) is 60.7 Å². The van der Waals surface area contributed by atoms with E-state index in [0.29, 0.717) is 36.1 Å². The van der Waals surface area contributed by atoms with Crippen LogP contribution >= 0.6 is 0 Å².